The molecule has 7 heteroatoms. The summed E-state index contributed by atoms with van der Waals surface area (Å²) in [5.74, 6) is 0.166. The molecule has 2 aromatic rings. The molecular formula is C19H20N4O3. The van der Waals surface area contributed by atoms with Gasteiger partial charge in [0.2, 0.25) is 0 Å². The van der Waals surface area contributed by atoms with Crippen LogP contribution in [0.2, 0.25) is 0 Å². The molecule has 134 valence electrons. The quantitative estimate of drug-likeness (QED) is 0.434. The minimum absolute atomic E-state index is 0.0468. The topological polar surface area (TPSA) is 94.6 Å². The van der Waals surface area contributed by atoms with Gasteiger partial charge in [-0.15, -0.1) is 0 Å². The maximum absolute atomic E-state index is 12.5. The van der Waals surface area contributed by atoms with E-state index in [1.807, 2.05) is 47.4 Å². The van der Waals surface area contributed by atoms with Crippen molar-refractivity contribution >= 4 is 23.7 Å². The van der Waals surface area contributed by atoms with E-state index in [0.29, 0.717) is 24.5 Å². The van der Waals surface area contributed by atoms with Gasteiger partial charge in [-0.1, -0.05) is 18.2 Å². The van der Waals surface area contributed by atoms with Gasteiger partial charge < -0.3 is 10.2 Å². The van der Waals surface area contributed by atoms with Crippen molar-refractivity contribution in [2.24, 2.45) is 0 Å². The number of amides is 2. The number of hydrogen-bond acceptors (Lipinski definition) is 5. The van der Waals surface area contributed by atoms with Crippen LogP contribution in [0.3, 0.4) is 0 Å². The molecule has 1 atom stereocenters. The molecule has 0 radical (unpaired) electrons. The second kappa shape index (κ2) is 8.26. The fourth-order valence-corrected chi connectivity index (χ4v) is 2.83. The standard InChI is InChI=1S/C19H20N4O3/c24-18(22-26)9-7-14-6-8-17(20-12-14)21-16-10-11-23(13-16)19(25)15-4-2-1-3-5-15/h1-9,12,16,26H,10-11,13H2,(H,20,21)(H,22,24)/b9-7+/t16-/m1/s1. The first-order chi connectivity index (χ1) is 12.7. The van der Waals surface area contributed by atoms with Crippen molar-refractivity contribution in [3.05, 3.63) is 65.9 Å². The van der Waals surface area contributed by atoms with Crippen LogP contribution in [0.4, 0.5) is 5.82 Å². The van der Waals surface area contributed by atoms with Gasteiger partial charge in [0.15, 0.2) is 0 Å². The zero-order chi connectivity index (χ0) is 18.4. The maximum atomic E-state index is 12.5. The Bertz CT molecular complexity index is 790. The van der Waals surface area contributed by atoms with Crippen LogP contribution >= 0.6 is 0 Å². The van der Waals surface area contributed by atoms with E-state index in [1.165, 1.54) is 11.6 Å². The summed E-state index contributed by atoms with van der Waals surface area (Å²) in [6, 6.07) is 13.1. The van der Waals surface area contributed by atoms with Crippen molar-refractivity contribution in [2.45, 2.75) is 12.5 Å². The summed E-state index contributed by atoms with van der Waals surface area (Å²) in [4.78, 5) is 29.6. The number of nitrogens with zero attached hydrogens (tertiary/aromatic N) is 2. The van der Waals surface area contributed by atoms with Crippen molar-refractivity contribution in [3.63, 3.8) is 0 Å². The summed E-state index contributed by atoms with van der Waals surface area (Å²) in [5, 5.41) is 11.8. The van der Waals surface area contributed by atoms with Crippen molar-refractivity contribution in [3.8, 4) is 0 Å². The van der Waals surface area contributed by atoms with Crippen molar-refractivity contribution in [1.29, 1.82) is 0 Å². The van der Waals surface area contributed by atoms with Crippen molar-refractivity contribution in [2.75, 3.05) is 18.4 Å². The highest BCUT2D eigenvalue weighted by Gasteiger charge is 2.26. The second-order valence-corrected chi connectivity index (χ2v) is 6.03. The smallest absolute Gasteiger partial charge is 0.267 e. The Morgan fingerprint density at radius 3 is 2.69 bits per heavy atom. The zero-order valence-corrected chi connectivity index (χ0v) is 14.1. The van der Waals surface area contributed by atoms with Gasteiger partial charge in [0.1, 0.15) is 5.82 Å². The Labute approximate surface area is 151 Å². The number of benzene rings is 1. The fourth-order valence-electron chi connectivity index (χ4n) is 2.83. The fraction of sp³-hybridized carbons (Fsp3) is 0.211. The lowest BCUT2D eigenvalue weighted by Gasteiger charge is -2.17. The van der Waals surface area contributed by atoms with Crippen LogP contribution < -0.4 is 10.8 Å². The largest absolute Gasteiger partial charge is 0.365 e. The third kappa shape index (κ3) is 4.46. The number of rotatable bonds is 5. The molecule has 3 rings (SSSR count). The summed E-state index contributed by atoms with van der Waals surface area (Å²) in [5.41, 5.74) is 2.97. The molecule has 1 aromatic carbocycles. The average molecular weight is 352 g/mol. The van der Waals surface area contributed by atoms with Crippen LogP contribution in [0.15, 0.2) is 54.7 Å². The first kappa shape index (κ1) is 17.6. The molecule has 1 aliphatic rings. The Morgan fingerprint density at radius 1 is 1.19 bits per heavy atom. The molecule has 0 spiro atoms. The minimum Gasteiger partial charge on any atom is -0.365 e. The Hall–Kier alpha value is -3.19. The summed E-state index contributed by atoms with van der Waals surface area (Å²) < 4.78 is 0. The van der Waals surface area contributed by atoms with Gasteiger partial charge in [-0.2, -0.15) is 0 Å². The van der Waals surface area contributed by atoms with Crippen molar-refractivity contribution in [1.82, 2.24) is 15.4 Å². The van der Waals surface area contributed by atoms with Crippen LogP contribution in [0.5, 0.6) is 0 Å². The van der Waals surface area contributed by atoms with Gasteiger partial charge in [-0.05, 0) is 42.3 Å². The Morgan fingerprint density at radius 2 is 2.00 bits per heavy atom. The van der Waals surface area contributed by atoms with Crippen LogP contribution in [-0.4, -0.2) is 46.0 Å². The lowest BCUT2D eigenvalue weighted by molar-refractivity contribution is -0.124. The predicted molar refractivity (Wildman–Crippen MR) is 97.6 cm³/mol. The lowest BCUT2D eigenvalue weighted by Crippen LogP contribution is -2.31. The molecule has 1 aliphatic heterocycles. The molecule has 0 saturated carbocycles. The van der Waals surface area contributed by atoms with Crippen LogP contribution in [-0.2, 0) is 4.79 Å². The number of hydrogen-bond donors (Lipinski definition) is 3. The van der Waals surface area contributed by atoms with Gasteiger partial charge in [0, 0.05) is 37.0 Å². The van der Waals surface area contributed by atoms with E-state index in [9.17, 15) is 9.59 Å². The number of hydroxylamine groups is 1. The molecule has 0 bridgehead atoms. The summed E-state index contributed by atoms with van der Waals surface area (Å²) in [6.45, 7) is 1.34. The highest BCUT2D eigenvalue weighted by atomic mass is 16.5. The number of pyridine rings is 1. The van der Waals surface area contributed by atoms with Crippen LogP contribution in [0.1, 0.15) is 22.3 Å². The molecule has 1 aromatic heterocycles. The van der Waals surface area contributed by atoms with Crippen LogP contribution in [0.25, 0.3) is 6.08 Å². The van der Waals surface area contributed by atoms with E-state index in [0.717, 1.165) is 12.0 Å². The third-order valence-electron chi connectivity index (χ3n) is 4.17. The molecule has 0 aliphatic carbocycles. The summed E-state index contributed by atoms with van der Waals surface area (Å²) in [7, 11) is 0. The molecule has 2 amide bonds. The number of carbonyl (C=O) groups excluding carboxylic acids is 2. The molecule has 7 nitrogen and oxygen atoms in total. The monoisotopic (exact) mass is 352 g/mol. The summed E-state index contributed by atoms with van der Waals surface area (Å²) in [6.07, 6.45) is 5.26. The van der Waals surface area contributed by atoms with E-state index in [1.54, 1.807) is 12.3 Å². The third-order valence-corrected chi connectivity index (χ3v) is 4.17. The van der Waals surface area contributed by atoms with Crippen LogP contribution in [0, 0.1) is 0 Å². The van der Waals surface area contributed by atoms with Gasteiger partial charge in [0.05, 0.1) is 0 Å². The van der Waals surface area contributed by atoms with Crippen molar-refractivity contribution < 1.29 is 14.8 Å². The van der Waals surface area contributed by atoms with Gasteiger partial charge >= 0.3 is 0 Å². The average Bonchev–Trinajstić information content (AvgIpc) is 3.15. The second-order valence-electron chi connectivity index (χ2n) is 6.03. The van der Waals surface area contributed by atoms with E-state index in [4.69, 9.17) is 5.21 Å². The Balaban J connectivity index is 1.55. The number of nitrogens with one attached hydrogen (secondary N) is 2. The molecule has 2 heterocycles. The van der Waals surface area contributed by atoms with E-state index < -0.39 is 5.91 Å². The highest BCUT2D eigenvalue weighted by molar-refractivity contribution is 5.94. The van der Waals surface area contributed by atoms with E-state index >= 15 is 0 Å². The lowest BCUT2D eigenvalue weighted by atomic mass is 10.2. The SMILES string of the molecule is O=C(/C=C/c1ccc(N[C@@H]2CCN(C(=O)c3ccccc3)C2)nc1)NO. The molecule has 26 heavy (non-hydrogen) atoms. The zero-order valence-electron chi connectivity index (χ0n) is 14.1. The Kier molecular flexibility index (Phi) is 5.60. The normalized spacial score (nSPS) is 16.7. The minimum atomic E-state index is -0.596. The molecule has 1 fully saturated rings. The number of anilines is 1. The molecule has 0 unspecified atom stereocenters. The first-order valence-corrected chi connectivity index (χ1v) is 8.35. The van der Waals surface area contributed by atoms with E-state index in [-0.39, 0.29) is 11.9 Å². The van der Waals surface area contributed by atoms with Gasteiger partial charge in [-0.3, -0.25) is 14.8 Å². The molecular weight excluding hydrogens is 332 g/mol. The van der Waals surface area contributed by atoms with E-state index in [2.05, 4.69) is 10.3 Å². The summed E-state index contributed by atoms with van der Waals surface area (Å²) >= 11 is 0. The molecule has 3 N–H and O–H groups in total. The van der Waals surface area contributed by atoms with Gasteiger partial charge in [0.25, 0.3) is 11.8 Å². The number of aromatic nitrogens is 1. The van der Waals surface area contributed by atoms with Gasteiger partial charge in [-0.25, -0.2) is 10.5 Å². The maximum Gasteiger partial charge on any atom is 0.267 e. The molecule has 1 saturated heterocycles. The highest BCUT2D eigenvalue weighted by Crippen LogP contribution is 2.17. The first-order valence-electron chi connectivity index (χ1n) is 8.35. The number of carbonyl (C=O) groups is 2. The number of likely N-dealkylation sites (tertiary alicyclic amines) is 1. The predicted octanol–water partition coefficient (Wildman–Crippen LogP) is 1.93.